The van der Waals surface area contributed by atoms with Gasteiger partial charge in [-0.15, -0.1) is 0 Å². The number of nitrogens with two attached hydrogens (primary N) is 1. The van der Waals surface area contributed by atoms with Crippen LogP contribution in [-0.2, 0) is 6.54 Å². The Morgan fingerprint density at radius 2 is 1.94 bits per heavy atom. The largest absolute Gasteiger partial charge is 0.368 e. The van der Waals surface area contributed by atoms with Crippen molar-refractivity contribution in [3.63, 3.8) is 0 Å². The van der Waals surface area contributed by atoms with E-state index < -0.39 is 0 Å². The number of hydrogen-bond donors (Lipinski definition) is 1. The lowest BCUT2D eigenvalue weighted by Crippen LogP contribution is -2.23. The first kappa shape index (κ1) is 11.4. The highest BCUT2D eigenvalue weighted by Gasteiger charge is 2.28. The normalized spacial score (nSPS) is 25.1. The average molecular weight is 222 g/mol. The molecule has 0 aliphatic carbocycles. The Bertz CT molecular complexity index is 368. The number of para-hydroxylation sites is 1. The standard InChI is InChI=1S/C13H19FN2/c1-9-7-16(8-10(9)2)13-11(6-15)4-3-5-12(13)14/h3-5,9-10H,6-8,15H2,1-2H3. The van der Waals surface area contributed by atoms with E-state index in [0.717, 1.165) is 18.7 Å². The molecule has 3 heteroatoms. The molecule has 2 atom stereocenters. The predicted molar refractivity (Wildman–Crippen MR) is 64.8 cm³/mol. The highest BCUT2D eigenvalue weighted by Crippen LogP contribution is 2.31. The van der Waals surface area contributed by atoms with E-state index >= 15 is 0 Å². The van der Waals surface area contributed by atoms with Gasteiger partial charge in [-0.1, -0.05) is 26.0 Å². The molecule has 1 aromatic rings. The predicted octanol–water partition coefficient (Wildman–Crippen LogP) is 2.38. The molecule has 2 unspecified atom stereocenters. The van der Waals surface area contributed by atoms with Crippen LogP contribution in [-0.4, -0.2) is 13.1 Å². The fourth-order valence-corrected chi connectivity index (χ4v) is 2.39. The van der Waals surface area contributed by atoms with Crippen molar-refractivity contribution in [2.45, 2.75) is 20.4 Å². The highest BCUT2D eigenvalue weighted by molar-refractivity contribution is 5.55. The third-order valence-corrected chi connectivity index (χ3v) is 3.59. The van der Waals surface area contributed by atoms with E-state index in [1.165, 1.54) is 6.07 Å². The SMILES string of the molecule is CC1CN(c2c(F)cccc2CN)CC1C. The highest BCUT2D eigenvalue weighted by atomic mass is 19.1. The monoisotopic (exact) mass is 222 g/mol. The van der Waals surface area contributed by atoms with Crippen molar-refractivity contribution in [3.8, 4) is 0 Å². The molecule has 2 rings (SSSR count). The second-order valence-electron chi connectivity index (χ2n) is 4.81. The Morgan fingerprint density at radius 3 is 2.50 bits per heavy atom. The van der Waals surface area contributed by atoms with Gasteiger partial charge in [-0.25, -0.2) is 4.39 Å². The van der Waals surface area contributed by atoms with E-state index in [-0.39, 0.29) is 5.82 Å². The lowest BCUT2D eigenvalue weighted by Gasteiger charge is -2.22. The number of rotatable bonds is 2. The van der Waals surface area contributed by atoms with Crippen molar-refractivity contribution in [3.05, 3.63) is 29.6 Å². The Kier molecular flexibility index (Phi) is 3.15. The van der Waals surface area contributed by atoms with E-state index in [0.29, 0.717) is 24.1 Å². The van der Waals surface area contributed by atoms with Crippen LogP contribution in [0.25, 0.3) is 0 Å². The molecule has 0 spiro atoms. The second-order valence-corrected chi connectivity index (χ2v) is 4.81. The van der Waals surface area contributed by atoms with Gasteiger partial charge in [0.05, 0.1) is 5.69 Å². The zero-order valence-corrected chi connectivity index (χ0v) is 9.91. The first-order chi connectivity index (χ1) is 7.63. The molecule has 2 N–H and O–H groups in total. The summed E-state index contributed by atoms with van der Waals surface area (Å²) in [5, 5.41) is 0. The van der Waals surface area contributed by atoms with Gasteiger partial charge in [0.15, 0.2) is 0 Å². The van der Waals surface area contributed by atoms with E-state index in [1.807, 2.05) is 6.07 Å². The van der Waals surface area contributed by atoms with Crippen LogP contribution in [0.1, 0.15) is 19.4 Å². The van der Waals surface area contributed by atoms with Gasteiger partial charge >= 0.3 is 0 Å². The zero-order chi connectivity index (χ0) is 11.7. The van der Waals surface area contributed by atoms with Gasteiger partial charge in [-0.05, 0) is 23.5 Å². The molecule has 1 aliphatic rings. The zero-order valence-electron chi connectivity index (χ0n) is 9.91. The summed E-state index contributed by atoms with van der Waals surface area (Å²) >= 11 is 0. The van der Waals surface area contributed by atoms with Gasteiger partial charge < -0.3 is 10.6 Å². The minimum atomic E-state index is -0.149. The summed E-state index contributed by atoms with van der Waals surface area (Å²) < 4.78 is 13.8. The van der Waals surface area contributed by atoms with Crippen LogP contribution in [0.5, 0.6) is 0 Å². The van der Waals surface area contributed by atoms with Gasteiger partial charge in [-0.3, -0.25) is 0 Å². The minimum absolute atomic E-state index is 0.149. The van der Waals surface area contributed by atoms with Crippen LogP contribution in [0.2, 0.25) is 0 Å². The molecule has 1 saturated heterocycles. The first-order valence-corrected chi connectivity index (χ1v) is 5.86. The van der Waals surface area contributed by atoms with Crippen LogP contribution < -0.4 is 10.6 Å². The molecular weight excluding hydrogens is 203 g/mol. The average Bonchev–Trinajstić information content (AvgIpc) is 2.58. The number of hydrogen-bond acceptors (Lipinski definition) is 2. The smallest absolute Gasteiger partial charge is 0.146 e. The van der Waals surface area contributed by atoms with E-state index in [2.05, 4.69) is 18.7 Å². The summed E-state index contributed by atoms with van der Waals surface area (Å²) in [4.78, 5) is 2.13. The molecule has 1 fully saturated rings. The van der Waals surface area contributed by atoms with Gasteiger partial charge in [0.2, 0.25) is 0 Å². The second kappa shape index (κ2) is 4.42. The topological polar surface area (TPSA) is 29.3 Å². The summed E-state index contributed by atoms with van der Waals surface area (Å²) in [5.74, 6) is 1.08. The van der Waals surface area contributed by atoms with Crippen LogP contribution in [0.3, 0.4) is 0 Å². The molecule has 2 nitrogen and oxygen atoms in total. The molecule has 1 aromatic carbocycles. The van der Waals surface area contributed by atoms with Crippen molar-refractivity contribution >= 4 is 5.69 Å². The minimum Gasteiger partial charge on any atom is -0.368 e. The first-order valence-electron chi connectivity index (χ1n) is 5.86. The molecule has 16 heavy (non-hydrogen) atoms. The van der Waals surface area contributed by atoms with Crippen molar-refractivity contribution in [1.82, 2.24) is 0 Å². The summed E-state index contributed by atoms with van der Waals surface area (Å²) in [7, 11) is 0. The molecule has 88 valence electrons. The quantitative estimate of drug-likeness (QED) is 0.832. The third kappa shape index (κ3) is 1.92. The molecule has 0 radical (unpaired) electrons. The Morgan fingerprint density at radius 1 is 1.31 bits per heavy atom. The van der Waals surface area contributed by atoms with Crippen LogP contribution in [0, 0.1) is 17.7 Å². The number of benzene rings is 1. The summed E-state index contributed by atoms with van der Waals surface area (Å²) in [5.41, 5.74) is 7.28. The summed E-state index contributed by atoms with van der Waals surface area (Å²) in [6, 6.07) is 5.15. The van der Waals surface area contributed by atoms with E-state index in [9.17, 15) is 4.39 Å². The molecule has 0 saturated carbocycles. The number of halogens is 1. The Balaban J connectivity index is 2.33. The van der Waals surface area contributed by atoms with Crippen molar-refractivity contribution in [2.75, 3.05) is 18.0 Å². The van der Waals surface area contributed by atoms with Gasteiger partial charge in [-0.2, -0.15) is 0 Å². The van der Waals surface area contributed by atoms with Crippen LogP contribution >= 0.6 is 0 Å². The van der Waals surface area contributed by atoms with Crippen molar-refractivity contribution < 1.29 is 4.39 Å². The lowest BCUT2D eigenvalue weighted by molar-refractivity contribution is 0.494. The molecule has 1 heterocycles. The molecule has 0 amide bonds. The third-order valence-electron chi connectivity index (χ3n) is 3.59. The molecule has 0 aromatic heterocycles. The van der Waals surface area contributed by atoms with Gasteiger partial charge in [0.1, 0.15) is 5.82 Å². The fraction of sp³-hybridized carbons (Fsp3) is 0.538. The molecule has 1 aliphatic heterocycles. The maximum absolute atomic E-state index is 13.8. The molecular formula is C13H19FN2. The summed E-state index contributed by atoms with van der Waals surface area (Å²) in [6.07, 6.45) is 0. The van der Waals surface area contributed by atoms with E-state index in [4.69, 9.17) is 5.73 Å². The van der Waals surface area contributed by atoms with Crippen molar-refractivity contribution in [2.24, 2.45) is 17.6 Å². The Labute approximate surface area is 96.2 Å². The summed E-state index contributed by atoms with van der Waals surface area (Å²) in [6.45, 7) is 6.68. The number of anilines is 1. The Hall–Kier alpha value is -1.09. The van der Waals surface area contributed by atoms with E-state index in [1.54, 1.807) is 6.07 Å². The van der Waals surface area contributed by atoms with Crippen LogP contribution in [0.4, 0.5) is 10.1 Å². The number of nitrogens with zero attached hydrogens (tertiary/aromatic N) is 1. The van der Waals surface area contributed by atoms with Gasteiger partial charge in [0, 0.05) is 19.6 Å². The maximum Gasteiger partial charge on any atom is 0.146 e. The van der Waals surface area contributed by atoms with Crippen molar-refractivity contribution in [1.29, 1.82) is 0 Å². The molecule has 0 bridgehead atoms. The lowest BCUT2D eigenvalue weighted by atomic mass is 10.0. The fourth-order valence-electron chi connectivity index (χ4n) is 2.39. The maximum atomic E-state index is 13.8. The van der Waals surface area contributed by atoms with Crippen LogP contribution in [0.15, 0.2) is 18.2 Å². The van der Waals surface area contributed by atoms with Gasteiger partial charge in [0.25, 0.3) is 0 Å².